The van der Waals surface area contributed by atoms with E-state index >= 15 is 0 Å². The summed E-state index contributed by atoms with van der Waals surface area (Å²) in [6.07, 6.45) is 8.37. The molecule has 3 aromatic carbocycles. The van der Waals surface area contributed by atoms with Crippen LogP contribution in [0.2, 0.25) is 5.02 Å². The molecular weight excluding hydrogens is 890 g/mol. The number of nitro groups is 1. The molecule has 3 aromatic heterocycles. The van der Waals surface area contributed by atoms with Gasteiger partial charge in [-0.15, -0.1) is 12.4 Å². The van der Waals surface area contributed by atoms with E-state index in [0.717, 1.165) is 87.0 Å². The van der Waals surface area contributed by atoms with Gasteiger partial charge in [-0.1, -0.05) is 43.2 Å². The van der Waals surface area contributed by atoms with Crippen molar-refractivity contribution in [3.63, 3.8) is 0 Å². The molecule has 15 nitrogen and oxygen atoms in total. The van der Waals surface area contributed by atoms with Crippen LogP contribution in [0.5, 0.6) is 0 Å². The number of ether oxygens (including phenoxy) is 1. The van der Waals surface area contributed by atoms with Gasteiger partial charge in [0.2, 0.25) is 0 Å². The van der Waals surface area contributed by atoms with Crippen LogP contribution in [0, 0.1) is 20.9 Å². The fraction of sp³-hybridized carbons (Fsp3) is 0.383. The number of amides is 1. The zero-order chi connectivity index (χ0) is 44.4. The predicted octanol–water partition coefficient (Wildman–Crippen LogP) is 8.41. The molecule has 3 aliphatic heterocycles. The molecule has 0 atom stereocenters. The minimum absolute atomic E-state index is 0. The van der Waals surface area contributed by atoms with Gasteiger partial charge in [-0.25, -0.2) is 22.8 Å². The van der Waals surface area contributed by atoms with Crippen LogP contribution in [0.1, 0.15) is 61.9 Å². The number of nitro benzene ring substituents is 1. The lowest BCUT2D eigenvalue weighted by Crippen LogP contribution is -2.58. The Labute approximate surface area is 388 Å². The SMILES string of the molecule is CC1(C)CCC(CN2CCN(c3ccc(C(=O)NS(=O)(=O)c4ccc(N5CC6(CCOCC6)C5)c([N+](=O)[O-])c4)c(-n4ncc5nc6[nH]ccc6cc54)c3)CC2)=C(c2ccc(Cl)cc2)C1.Cl. The topological polar surface area (TPSA) is 172 Å². The van der Waals surface area contributed by atoms with E-state index in [1.807, 2.05) is 41.3 Å². The molecular formula is C47H51Cl2N9O6S. The van der Waals surface area contributed by atoms with Crippen LogP contribution in [0.15, 0.2) is 95.7 Å². The van der Waals surface area contributed by atoms with Gasteiger partial charge < -0.3 is 19.5 Å². The summed E-state index contributed by atoms with van der Waals surface area (Å²) in [4.78, 5) is 40.1. The number of nitrogens with zero attached hydrogens (tertiary/aromatic N) is 7. The number of benzene rings is 3. The van der Waals surface area contributed by atoms with Crippen molar-refractivity contribution >= 4 is 84.6 Å². The van der Waals surface area contributed by atoms with Crippen molar-refractivity contribution in [2.75, 3.05) is 68.8 Å². The first-order valence-electron chi connectivity index (χ1n) is 21.8. The molecule has 4 aliphatic rings. The van der Waals surface area contributed by atoms with Crippen molar-refractivity contribution in [3.8, 4) is 5.69 Å². The van der Waals surface area contributed by atoms with Crippen LogP contribution in [0.4, 0.5) is 17.1 Å². The van der Waals surface area contributed by atoms with Crippen molar-refractivity contribution in [2.45, 2.75) is 50.8 Å². The van der Waals surface area contributed by atoms with Gasteiger partial charge in [0.15, 0.2) is 0 Å². The quantitative estimate of drug-likeness (QED) is 0.0998. The zero-order valence-electron chi connectivity index (χ0n) is 36.3. The molecule has 0 saturated carbocycles. The predicted molar refractivity (Wildman–Crippen MR) is 255 cm³/mol. The Morgan fingerprint density at radius 3 is 2.43 bits per heavy atom. The van der Waals surface area contributed by atoms with Crippen LogP contribution < -0.4 is 14.5 Å². The molecule has 340 valence electrons. The Kier molecular flexibility index (Phi) is 11.9. The highest BCUT2D eigenvalue weighted by molar-refractivity contribution is 7.90. The normalized spacial score (nSPS) is 18.8. The summed E-state index contributed by atoms with van der Waals surface area (Å²) in [5.41, 5.74) is 7.59. The average molecular weight is 941 g/mol. The molecule has 18 heteroatoms. The summed E-state index contributed by atoms with van der Waals surface area (Å²) in [5.74, 6) is -0.901. The molecule has 0 bridgehead atoms. The van der Waals surface area contributed by atoms with Gasteiger partial charge in [0.25, 0.3) is 21.6 Å². The number of allylic oxidation sites excluding steroid dienone is 1. The third-order valence-corrected chi connectivity index (χ3v) is 15.3. The summed E-state index contributed by atoms with van der Waals surface area (Å²) < 4.78 is 37.2. The first kappa shape index (κ1) is 44.7. The number of fused-ring (bicyclic) bond motifs is 2. The fourth-order valence-corrected chi connectivity index (χ4v) is 11.1. The highest BCUT2D eigenvalue weighted by Gasteiger charge is 2.45. The van der Waals surface area contributed by atoms with Crippen molar-refractivity contribution in [3.05, 3.63) is 117 Å². The standard InChI is InChI=1S/C47H50ClN9O6S.ClH/c1-46(2)13-11-33(38(26-46)31-3-5-34(48)6-4-31)28-53-17-19-54(20-18-53)35-7-9-37(41(24-35)56-42-23-32-12-16-49-44(32)51-39(42)27-50-56)45(58)52-64(61,62)36-8-10-40(43(25-36)57(59)60)55-29-47(30-55)14-21-63-22-15-47;/h3-10,12,16,23-25,27H,11,13-15,17-22,26,28-30H2,1-2H3,(H,49,51)(H,52,58);1H. The molecule has 6 aromatic rings. The smallest absolute Gasteiger partial charge is 0.293 e. The van der Waals surface area contributed by atoms with E-state index in [9.17, 15) is 23.3 Å². The first-order chi connectivity index (χ1) is 30.7. The van der Waals surface area contributed by atoms with E-state index in [0.29, 0.717) is 54.4 Å². The van der Waals surface area contributed by atoms with Gasteiger partial charge in [0.05, 0.1) is 32.8 Å². The molecule has 2 N–H and O–H groups in total. The molecule has 10 rings (SSSR count). The van der Waals surface area contributed by atoms with Crippen LogP contribution in [0.3, 0.4) is 0 Å². The number of hydrogen-bond acceptors (Lipinski definition) is 11. The maximum Gasteiger partial charge on any atom is 0.293 e. The van der Waals surface area contributed by atoms with Crippen molar-refractivity contribution in [1.82, 2.24) is 29.4 Å². The fourth-order valence-electron chi connectivity index (χ4n) is 9.97. The zero-order valence-corrected chi connectivity index (χ0v) is 38.6. The molecule has 3 fully saturated rings. The van der Waals surface area contributed by atoms with E-state index in [1.54, 1.807) is 23.1 Å². The Bertz CT molecular complexity index is 2950. The number of carbonyl (C=O) groups is 1. The van der Waals surface area contributed by atoms with E-state index < -0.39 is 20.9 Å². The summed E-state index contributed by atoms with van der Waals surface area (Å²) in [6.45, 7) is 11.3. The van der Waals surface area contributed by atoms with Crippen molar-refractivity contribution < 1.29 is 22.9 Å². The van der Waals surface area contributed by atoms with Gasteiger partial charge in [-0.2, -0.15) is 5.10 Å². The minimum Gasteiger partial charge on any atom is -0.381 e. The number of H-pyrrole nitrogens is 1. The van der Waals surface area contributed by atoms with Gasteiger partial charge >= 0.3 is 0 Å². The summed E-state index contributed by atoms with van der Waals surface area (Å²) in [6, 6.07) is 21.1. The van der Waals surface area contributed by atoms with E-state index in [1.165, 1.54) is 28.8 Å². The Balaban J connectivity index is 0.00000533. The maximum absolute atomic E-state index is 14.2. The Hall–Kier alpha value is -5.52. The molecule has 0 radical (unpaired) electrons. The number of nitrogens with one attached hydrogen (secondary N) is 2. The minimum atomic E-state index is -4.56. The molecule has 6 heterocycles. The van der Waals surface area contributed by atoms with Crippen LogP contribution >= 0.6 is 24.0 Å². The first-order valence-corrected chi connectivity index (χ1v) is 23.7. The Morgan fingerprint density at radius 1 is 0.938 bits per heavy atom. The molecule has 1 spiro atoms. The van der Waals surface area contributed by atoms with E-state index in [-0.39, 0.29) is 39.4 Å². The second-order valence-corrected chi connectivity index (χ2v) is 20.7. The molecule has 1 aliphatic carbocycles. The third-order valence-electron chi connectivity index (χ3n) is 13.7. The Morgan fingerprint density at radius 2 is 1.69 bits per heavy atom. The van der Waals surface area contributed by atoms with Crippen LogP contribution in [0.25, 0.3) is 33.3 Å². The third kappa shape index (κ3) is 8.81. The number of carbonyl (C=O) groups excluding carboxylic acids is 1. The lowest BCUT2D eigenvalue weighted by Gasteiger charge is -2.53. The summed E-state index contributed by atoms with van der Waals surface area (Å²) >= 11 is 6.26. The molecule has 65 heavy (non-hydrogen) atoms. The van der Waals surface area contributed by atoms with Crippen LogP contribution in [-0.4, -0.2) is 103 Å². The monoisotopic (exact) mass is 939 g/mol. The molecule has 3 saturated heterocycles. The number of pyridine rings is 1. The number of halogens is 2. The highest BCUT2D eigenvalue weighted by atomic mass is 35.5. The van der Waals surface area contributed by atoms with Gasteiger partial charge in [-0.05, 0) is 103 Å². The highest BCUT2D eigenvalue weighted by Crippen LogP contribution is 2.46. The van der Waals surface area contributed by atoms with E-state index in [4.69, 9.17) is 21.3 Å². The number of aromatic nitrogens is 4. The average Bonchev–Trinajstić information content (AvgIpc) is 3.92. The number of rotatable bonds is 10. The second kappa shape index (κ2) is 17.4. The van der Waals surface area contributed by atoms with Gasteiger partial charge in [0.1, 0.15) is 16.9 Å². The maximum atomic E-state index is 14.2. The molecule has 0 unspecified atom stereocenters. The number of aromatic amines is 1. The van der Waals surface area contributed by atoms with Crippen molar-refractivity contribution in [2.24, 2.45) is 10.8 Å². The number of anilines is 2. The second-order valence-electron chi connectivity index (χ2n) is 18.6. The number of hydrogen-bond donors (Lipinski definition) is 2. The van der Waals surface area contributed by atoms with Gasteiger partial charge in [0, 0.05) is 92.8 Å². The lowest BCUT2D eigenvalue weighted by molar-refractivity contribution is -0.384. The number of sulfonamides is 1. The van der Waals surface area contributed by atoms with Gasteiger partial charge in [-0.3, -0.25) is 19.8 Å². The summed E-state index contributed by atoms with van der Waals surface area (Å²) in [7, 11) is -4.56. The largest absolute Gasteiger partial charge is 0.381 e. The summed E-state index contributed by atoms with van der Waals surface area (Å²) in [5, 5.41) is 18.6. The van der Waals surface area contributed by atoms with Crippen molar-refractivity contribution in [1.29, 1.82) is 0 Å². The van der Waals surface area contributed by atoms with Crippen LogP contribution in [-0.2, 0) is 14.8 Å². The molecule has 1 amide bonds. The van der Waals surface area contributed by atoms with E-state index in [2.05, 4.69) is 50.6 Å². The number of piperazine rings is 1. The lowest BCUT2D eigenvalue weighted by atomic mass is 9.72.